The Morgan fingerprint density at radius 2 is 1.91 bits per heavy atom. The van der Waals surface area contributed by atoms with Crippen molar-refractivity contribution < 1.29 is 22.7 Å². The molecule has 0 saturated carbocycles. The summed E-state index contributed by atoms with van der Waals surface area (Å²) >= 11 is 7.41. The molecule has 0 unspecified atom stereocenters. The molecule has 0 aliphatic carbocycles. The number of hydrogen-bond acceptors (Lipinski definition) is 6. The third kappa shape index (κ3) is 7.14. The number of halogens is 4. The molecule has 0 radical (unpaired) electrons. The van der Waals surface area contributed by atoms with E-state index in [0.29, 0.717) is 30.2 Å². The first kappa shape index (κ1) is 25.4. The number of benzene rings is 1. The maximum atomic E-state index is 12.8. The molecule has 2 heterocycles. The van der Waals surface area contributed by atoms with E-state index in [1.807, 2.05) is 45.9 Å². The van der Waals surface area contributed by atoms with Crippen LogP contribution in [-0.2, 0) is 10.9 Å². The maximum Gasteiger partial charge on any atom is 0.420 e. The number of carbonyl (C=O) groups excluding carboxylic acids is 1. The lowest BCUT2D eigenvalue weighted by atomic mass is 10.1. The summed E-state index contributed by atoms with van der Waals surface area (Å²) in [6.07, 6.45) is -2.49. The molecule has 0 spiro atoms. The first-order chi connectivity index (χ1) is 15.3. The van der Waals surface area contributed by atoms with Crippen LogP contribution in [0.5, 0.6) is 0 Å². The third-order valence-electron chi connectivity index (χ3n) is 4.89. The average molecular weight is 503 g/mol. The molecule has 3 rings (SSSR count). The number of carbonyl (C=O) groups is 1. The zero-order chi connectivity index (χ0) is 24.4. The molecule has 1 aromatic heterocycles. The number of likely N-dealkylation sites (tertiary alicyclic amines) is 1. The largest absolute Gasteiger partial charge is 0.444 e. The number of nitrogens with one attached hydrogen (secondary N) is 1. The number of amides is 1. The van der Waals surface area contributed by atoms with Gasteiger partial charge in [0, 0.05) is 35.1 Å². The van der Waals surface area contributed by atoms with Crippen molar-refractivity contribution in [2.75, 3.05) is 18.4 Å². The highest BCUT2D eigenvalue weighted by Crippen LogP contribution is 2.35. The smallest absolute Gasteiger partial charge is 0.420 e. The average Bonchev–Trinajstić information content (AvgIpc) is 2.68. The molecule has 1 N–H and O–H groups in total. The molecule has 33 heavy (non-hydrogen) atoms. The quantitative estimate of drug-likeness (QED) is 0.470. The van der Waals surface area contributed by atoms with Crippen LogP contribution in [0.4, 0.5) is 29.6 Å². The molecule has 2 aromatic rings. The van der Waals surface area contributed by atoms with Gasteiger partial charge in [0.25, 0.3) is 0 Å². The van der Waals surface area contributed by atoms with Crippen molar-refractivity contribution in [2.45, 2.75) is 62.5 Å². The third-order valence-corrected chi connectivity index (χ3v) is 6.51. The lowest BCUT2D eigenvalue weighted by Crippen LogP contribution is -2.42. The number of thioether (sulfide) groups is 1. The molecule has 0 bridgehead atoms. The van der Waals surface area contributed by atoms with Gasteiger partial charge >= 0.3 is 12.3 Å². The van der Waals surface area contributed by atoms with Crippen molar-refractivity contribution in [1.29, 1.82) is 0 Å². The van der Waals surface area contributed by atoms with Gasteiger partial charge in [0.2, 0.25) is 5.95 Å². The molecule has 11 heteroatoms. The number of aryl methyl sites for hydroxylation is 1. The van der Waals surface area contributed by atoms with Gasteiger partial charge in [-0.1, -0.05) is 11.6 Å². The summed E-state index contributed by atoms with van der Waals surface area (Å²) in [5.74, 6) is -0.00832. The summed E-state index contributed by atoms with van der Waals surface area (Å²) in [6.45, 7) is 8.75. The molecular weight excluding hydrogens is 477 g/mol. The van der Waals surface area contributed by atoms with E-state index in [-0.39, 0.29) is 12.0 Å². The van der Waals surface area contributed by atoms with Crippen LogP contribution in [0, 0.1) is 6.92 Å². The number of rotatable bonds is 4. The Balaban J connectivity index is 1.57. The molecule has 0 atom stereocenters. The van der Waals surface area contributed by atoms with E-state index in [2.05, 4.69) is 15.3 Å². The van der Waals surface area contributed by atoms with E-state index in [0.717, 1.165) is 23.3 Å². The maximum absolute atomic E-state index is 12.8. The van der Waals surface area contributed by atoms with Crippen LogP contribution < -0.4 is 5.32 Å². The highest BCUT2D eigenvalue weighted by Gasteiger charge is 2.34. The number of nitrogens with zero attached hydrogens (tertiary/aromatic N) is 3. The molecule has 1 saturated heterocycles. The van der Waals surface area contributed by atoms with Crippen molar-refractivity contribution in [1.82, 2.24) is 14.9 Å². The highest BCUT2D eigenvalue weighted by atomic mass is 35.5. The van der Waals surface area contributed by atoms with Crippen LogP contribution in [0.3, 0.4) is 0 Å². The highest BCUT2D eigenvalue weighted by molar-refractivity contribution is 8.00. The molecule has 1 aromatic carbocycles. The second kappa shape index (κ2) is 9.97. The van der Waals surface area contributed by atoms with Gasteiger partial charge in [-0.3, -0.25) is 0 Å². The Kier molecular flexibility index (Phi) is 7.68. The SMILES string of the molecule is Cc1cc(SC2CCN(C(=O)OC(C)(C)C)CC2)ccc1Nc1ncc(C(F)(F)F)c(Cl)n1. The van der Waals surface area contributed by atoms with Crippen molar-refractivity contribution in [3.8, 4) is 0 Å². The van der Waals surface area contributed by atoms with Crippen molar-refractivity contribution >= 4 is 41.1 Å². The van der Waals surface area contributed by atoms with E-state index in [9.17, 15) is 18.0 Å². The fraction of sp³-hybridized carbons (Fsp3) is 0.500. The Morgan fingerprint density at radius 1 is 1.24 bits per heavy atom. The number of piperidine rings is 1. The number of ether oxygens (including phenoxy) is 1. The monoisotopic (exact) mass is 502 g/mol. The molecule has 180 valence electrons. The van der Waals surface area contributed by atoms with Crippen LogP contribution in [0.1, 0.15) is 44.7 Å². The fourth-order valence-corrected chi connectivity index (χ4v) is 4.72. The lowest BCUT2D eigenvalue weighted by Gasteiger charge is -2.33. The normalized spacial score (nSPS) is 15.5. The van der Waals surface area contributed by atoms with Crippen molar-refractivity contribution in [3.05, 3.63) is 40.7 Å². The second-order valence-corrected chi connectivity index (χ2v) is 10.5. The van der Waals surface area contributed by atoms with E-state index < -0.39 is 22.5 Å². The molecule has 1 aliphatic heterocycles. The first-order valence-corrected chi connectivity index (χ1v) is 11.7. The first-order valence-electron chi connectivity index (χ1n) is 10.4. The van der Waals surface area contributed by atoms with E-state index >= 15 is 0 Å². The fourth-order valence-electron chi connectivity index (χ4n) is 3.26. The predicted octanol–water partition coefficient (Wildman–Crippen LogP) is 6.69. The Labute approximate surface area is 200 Å². The summed E-state index contributed by atoms with van der Waals surface area (Å²) < 4.78 is 43.9. The Hall–Kier alpha value is -2.20. The summed E-state index contributed by atoms with van der Waals surface area (Å²) in [7, 11) is 0. The molecule has 6 nitrogen and oxygen atoms in total. The van der Waals surface area contributed by atoms with Crippen LogP contribution >= 0.6 is 23.4 Å². The summed E-state index contributed by atoms with van der Waals surface area (Å²) in [6, 6.07) is 5.77. The van der Waals surface area contributed by atoms with Gasteiger partial charge < -0.3 is 15.0 Å². The Morgan fingerprint density at radius 3 is 2.45 bits per heavy atom. The lowest BCUT2D eigenvalue weighted by molar-refractivity contribution is -0.137. The molecule has 1 aliphatic rings. The topological polar surface area (TPSA) is 67.3 Å². The van der Waals surface area contributed by atoms with Gasteiger partial charge in [-0.25, -0.2) is 14.8 Å². The summed E-state index contributed by atoms with van der Waals surface area (Å²) in [5.41, 5.74) is -0.0103. The minimum absolute atomic E-state index is 0.00832. The number of alkyl halides is 3. The summed E-state index contributed by atoms with van der Waals surface area (Å²) in [4.78, 5) is 22.5. The van der Waals surface area contributed by atoms with E-state index in [4.69, 9.17) is 16.3 Å². The van der Waals surface area contributed by atoms with Gasteiger partial charge in [0.05, 0.1) is 0 Å². The second-order valence-electron chi connectivity index (χ2n) is 8.78. The molecular formula is C22H26ClF3N4O2S. The molecule has 1 fully saturated rings. The van der Waals surface area contributed by atoms with Gasteiger partial charge in [0.1, 0.15) is 16.3 Å². The van der Waals surface area contributed by atoms with E-state index in [1.54, 1.807) is 16.7 Å². The summed E-state index contributed by atoms with van der Waals surface area (Å²) in [5, 5.41) is 2.64. The Bertz CT molecular complexity index is 1010. The predicted molar refractivity (Wildman–Crippen MR) is 123 cm³/mol. The number of aromatic nitrogens is 2. The van der Waals surface area contributed by atoms with Crippen LogP contribution in [-0.4, -0.2) is 44.9 Å². The zero-order valence-electron chi connectivity index (χ0n) is 18.8. The van der Waals surface area contributed by atoms with E-state index in [1.165, 1.54) is 0 Å². The van der Waals surface area contributed by atoms with Gasteiger partial charge in [-0.05, 0) is 64.3 Å². The number of anilines is 2. The van der Waals surface area contributed by atoms with Gasteiger partial charge in [-0.2, -0.15) is 13.2 Å². The van der Waals surface area contributed by atoms with Crippen LogP contribution in [0.25, 0.3) is 0 Å². The standard InChI is InChI=1S/C22H26ClF3N4O2S/c1-13-11-15(33-14-7-9-30(10-8-14)20(31)32-21(2,3)4)5-6-17(13)28-19-27-12-16(18(23)29-19)22(24,25)26/h5-6,11-12,14H,7-10H2,1-4H3,(H,27,28,29). The van der Waals surface area contributed by atoms with Crippen LogP contribution in [0.15, 0.2) is 29.3 Å². The van der Waals surface area contributed by atoms with Gasteiger partial charge in [0.15, 0.2) is 0 Å². The minimum atomic E-state index is -4.60. The number of hydrogen-bond donors (Lipinski definition) is 1. The van der Waals surface area contributed by atoms with Crippen molar-refractivity contribution in [2.24, 2.45) is 0 Å². The van der Waals surface area contributed by atoms with Crippen molar-refractivity contribution in [3.63, 3.8) is 0 Å². The molecule has 1 amide bonds. The zero-order valence-corrected chi connectivity index (χ0v) is 20.4. The van der Waals surface area contributed by atoms with Gasteiger partial charge in [-0.15, -0.1) is 11.8 Å². The minimum Gasteiger partial charge on any atom is -0.444 e. The van der Waals surface area contributed by atoms with Crippen LogP contribution in [0.2, 0.25) is 5.15 Å².